The zero-order valence-corrected chi connectivity index (χ0v) is 13.4. The molecule has 5 heteroatoms. The number of nitrogens with zero attached hydrogens (tertiary/aromatic N) is 2. The van der Waals surface area contributed by atoms with E-state index in [0.29, 0.717) is 24.5 Å². The Morgan fingerprint density at radius 1 is 1.14 bits per heavy atom. The predicted molar refractivity (Wildman–Crippen MR) is 79.8 cm³/mol. The molecule has 0 aromatic carbocycles. The number of ether oxygens (including phenoxy) is 1. The van der Waals surface area contributed by atoms with Crippen LogP contribution in [0, 0.1) is 5.41 Å². The Morgan fingerprint density at radius 2 is 1.81 bits per heavy atom. The van der Waals surface area contributed by atoms with E-state index in [4.69, 9.17) is 20.0 Å². The zero-order valence-electron chi connectivity index (χ0n) is 13.4. The number of aromatic nitrogens is 2. The minimum Gasteiger partial charge on any atom is -0.367 e. The summed E-state index contributed by atoms with van der Waals surface area (Å²) in [6, 6.07) is 0. The van der Waals surface area contributed by atoms with Crippen molar-refractivity contribution in [2.75, 3.05) is 13.2 Å². The molecule has 0 saturated heterocycles. The molecule has 0 atom stereocenters. The summed E-state index contributed by atoms with van der Waals surface area (Å²) in [5, 5.41) is 4.27. The van der Waals surface area contributed by atoms with Gasteiger partial charge in [0.15, 0.2) is 0 Å². The van der Waals surface area contributed by atoms with Gasteiger partial charge in [0.2, 0.25) is 11.7 Å². The molecule has 2 N–H and O–H groups in total. The third kappa shape index (κ3) is 2.61. The lowest BCUT2D eigenvalue weighted by molar-refractivity contribution is -0.0957. The fraction of sp³-hybridized carbons (Fsp3) is 0.875. The summed E-state index contributed by atoms with van der Waals surface area (Å²) in [5.74, 6) is 1.44. The standard InChI is InChI=1S/C16H27N3O2/c1-4-20-16(9-5-14(2,3)6-10-16)12-18-13(21-19-12)15(11-17)7-8-15/h4-11,17H2,1-3H3. The molecule has 1 heterocycles. The highest BCUT2D eigenvalue weighted by Crippen LogP contribution is 2.49. The first kappa shape index (κ1) is 15.0. The number of rotatable bonds is 5. The van der Waals surface area contributed by atoms with E-state index in [9.17, 15) is 0 Å². The lowest BCUT2D eigenvalue weighted by atomic mass is 9.70. The van der Waals surface area contributed by atoms with Gasteiger partial charge in [-0.1, -0.05) is 19.0 Å². The van der Waals surface area contributed by atoms with E-state index in [1.807, 2.05) is 6.92 Å². The largest absolute Gasteiger partial charge is 0.367 e. The minimum absolute atomic E-state index is 0.0490. The topological polar surface area (TPSA) is 74.2 Å². The van der Waals surface area contributed by atoms with Gasteiger partial charge in [-0.2, -0.15) is 4.98 Å². The number of hydrogen-bond acceptors (Lipinski definition) is 5. The van der Waals surface area contributed by atoms with Crippen molar-refractivity contribution in [2.45, 2.75) is 70.3 Å². The summed E-state index contributed by atoms with van der Waals surface area (Å²) in [6.07, 6.45) is 6.28. The fourth-order valence-electron chi connectivity index (χ4n) is 3.32. The van der Waals surface area contributed by atoms with Gasteiger partial charge in [-0.15, -0.1) is 0 Å². The third-order valence-electron chi connectivity index (χ3n) is 5.36. The van der Waals surface area contributed by atoms with E-state index in [1.165, 1.54) is 0 Å². The second-order valence-corrected chi connectivity index (χ2v) is 7.50. The molecule has 21 heavy (non-hydrogen) atoms. The van der Waals surface area contributed by atoms with Crippen LogP contribution in [0.15, 0.2) is 4.52 Å². The molecule has 1 aromatic heterocycles. The molecule has 0 amide bonds. The van der Waals surface area contributed by atoms with Crippen molar-refractivity contribution >= 4 is 0 Å². The van der Waals surface area contributed by atoms with Crippen LogP contribution in [0.3, 0.4) is 0 Å². The number of nitrogens with two attached hydrogens (primary N) is 1. The van der Waals surface area contributed by atoms with Gasteiger partial charge in [0.1, 0.15) is 5.60 Å². The minimum atomic E-state index is -0.364. The van der Waals surface area contributed by atoms with E-state index in [1.54, 1.807) is 0 Å². The Hall–Kier alpha value is -0.940. The second kappa shape index (κ2) is 5.06. The van der Waals surface area contributed by atoms with E-state index in [-0.39, 0.29) is 11.0 Å². The second-order valence-electron chi connectivity index (χ2n) is 7.50. The molecule has 0 radical (unpaired) electrons. The Balaban J connectivity index is 1.85. The predicted octanol–water partition coefficient (Wildman–Crippen LogP) is 2.89. The molecule has 1 aromatic rings. The van der Waals surface area contributed by atoms with Crippen LogP contribution >= 0.6 is 0 Å². The maximum Gasteiger partial charge on any atom is 0.234 e. The summed E-state index contributed by atoms with van der Waals surface area (Å²) in [4.78, 5) is 4.69. The highest BCUT2D eigenvalue weighted by molar-refractivity contribution is 5.18. The molecular weight excluding hydrogens is 266 g/mol. The van der Waals surface area contributed by atoms with E-state index in [0.717, 1.165) is 44.3 Å². The summed E-state index contributed by atoms with van der Waals surface area (Å²) in [6.45, 7) is 7.93. The van der Waals surface area contributed by atoms with Crippen molar-refractivity contribution in [3.63, 3.8) is 0 Å². The van der Waals surface area contributed by atoms with Crippen LogP contribution in [0.25, 0.3) is 0 Å². The van der Waals surface area contributed by atoms with E-state index < -0.39 is 0 Å². The average Bonchev–Trinajstić information content (AvgIpc) is 3.10. The van der Waals surface area contributed by atoms with Crippen LogP contribution in [0.4, 0.5) is 0 Å². The molecule has 2 aliphatic carbocycles. The Kier molecular flexibility index (Phi) is 3.61. The SMILES string of the molecule is CCOC1(c2noc(C3(CN)CC3)n2)CCC(C)(C)CC1. The Labute approximate surface area is 126 Å². The summed E-state index contributed by atoms with van der Waals surface area (Å²) in [7, 11) is 0. The number of hydrogen-bond donors (Lipinski definition) is 1. The van der Waals surface area contributed by atoms with Crippen LogP contribution in [0.5, 0.6) is 0 Å². The van der Waals surface area contributed by atoms with Gasteiger partial charge in [0.05, 0.1) is 5.41 Å². The molecule has 0 unspecified atom stereocenters. The quantitative estimate of drug-likeness (QED) is 0.903. The van der Waals surface area contributed by atoms with Gasteiger partial charge >= 0.3 is 0 Å². The van der Waals surface area contributed by atoms with E-state index >= 15 is 0 Å². The first-order valence-electron chi connectivity index (χ1n) is 8.14. The van der Waals surface area contributed by atoms with Gasteiger partial charge in [0.25, 0.3) is 0 Å². The molecule has 2 saturated carbocycles. The average molecular weight is 293 g/mol. The molecule has 5 nitrogen and oxygen atoms in total. The molecular formula is C16H27N3O2. The molecule has 2 fully saturated rings. The molecule has 0 bridgehead atoms. The van der Waals surface area contributed by atoms with Gasteiger partial charge < -0.3 is 15.0 Å². The Bertz CT molecular complexity index is 495. The maximum absolute atomic E-state index is 6.11. The van der Waals surface area contributed by atoms with E-state index in [2.05, 4.69) is 19.0 Å². The molecule has 2 aliphatic rings. The van der Waals surface area contributed by atoms with Crippen LogP contribution in [0.1, 0.15) is 71.0 Å². The third-order valence-corrected chi connectivity index (χ3v) is 5.36. The lowest BCUT2D eigenvalue weighted by Gasteiger charge is -2.41. The summed E-state index contributed by atoms with van der Waals surface area (Å²) in [5.41, 5.74) is 5.82. The molecule has 0 aliphatic heterocycles. The summed E-state index contributed by atoms with van der Waals surface area (Å²) < 4.78 is 11.7. The first-order valence-corrected chi connectivity index (χ1v) is 8.14. The lowest BCUT2D eigenvalue weighted by Crippen LogP contribution is -2.38. The first-order chi connectivity index (χ1) is 9.95. The van der Waals surface area contributed by atoms with Gasteiger partial charge in [-0.25, -0.2) is 0 Å². The molecule has 3 rings (SSSR count). The normalized spacial score (nSPS) is 25.7. The van der Waals surface area contributed by atoms with Gasteiger partial charge in [-0.3, -0.25) is 0 Å². The monoisotopic (exact) mass is 293 g/mol. The van der Waals surface area contributed by atoms with Crippen LogP contribution in [0.2, 0.25) is 0 Å². The van der Waals surface area contributed by atoms with Gasteiger partial charge in [-0.05, 0) is 50.9 Å². The fourth-order valence-corrected chi connectivity index (χ4v) is 3.32. The smallest absolute Gasteiger partial charge is 0.234 e. The van der Waals surface area contributed by atoms with Crippen LogP contribution < -0.4 is 5.73 Å². The van der Waals surface area contributed by atoms with Crippen molar-refractivity contribution < 1.29 is 9.26 Å². The van der Waals surface area contributed by atoms with Crippen LogP contribution in [-0.4, -0.2) is 23.3 Å². The van der Waals surface area contributed by atoms with Crippen molar-refractivity contribution in [1.29, 1.82) is 0 Å². The van der Waals surface area contributed by atoms with Crippen molar-refractivity contribution in [2.24, 2.45) is 11.1 Å². The summed E-state index contributed by atoms with van der Waals surface area (Å²) >= 11 is 0. The maximum atomic E-state index is 6.11. The zero-order chi connectivity index (χ0) is 15.1. The Morgan fingerprint density at radius 3 is 2.33 bits per heavy atom. The van der Waals surface area contributed by atoms with Gasteiger partial charge in [0, 0.05) is 13.2 Å². The van der Waals surface area contributed by atoms with Crippen LogP contribution in [-0.2, 0) is 15.8 Å². The highest BCUT2D eigenvalue weighted by Gasteiger charge is 2.50. The van der Waals surface area contributed by atoms with Crippen molar-refractivity contribution in [1.82, 2.24) is 10.1 Å². The molecule has 118 valence electrons. The van der Waals surface area contributed by atoms with Crippen molar-refractivity contribution in [3.05, 3.63) is 11.7 Å². The van der Waals surface area contributed by atoms with Crippen molar-refractivity contribution in [3.8, 4) is 0 Å². The molecule has 0 spiro atoms. The highest BCUT2D eigenvalue weighted by atomic mass is 16.5.